The highest BCUT2D eigenvalue weighted by atomic mass is 16.5. The third kappa shape index (κ3) is 4.82. The molecule has 26 heavy (non-hydrogen) atoms. The maximum atomic E-state index is 12.4. The summed E-state index contributed by atoms with van der Waals surface area (Å²) in [6.45, 7) is 4.89. The number of aryl methyl sites for hydroxylation is 1. The minimum Gasteiger partial charge on any atom is -0.394 e. The van der Waals surface area contributed by atoms with Crippen LogP contribution in [0, 0.1) is 5.92 Å². The number of ether oxygens (including phenoxy) is 1. The van der Waals surface area contributed by atoms with Crippen LogP contribution in [-0.2, 0) is 16.1 Å². The SMILES string of the molecule is CC(C)c1cn(CC[C@@H]2CC[C@H](NC(=O)C3CCCC3)[C@@H](CO)O2)nn1. The van der Waals surface area contributed by atoms with Gasteiger partial charge in [-0.2, -0.15) is 0 Å². The van der Waals surface area contributed by atoms with Gasteiger partial charge in [0, 0.05) is 18.7 Å². The largest absolute Gasteiger partial charge is 0.394 e. The van der Waals surface area contributed by atoms with Crippen LogP contribution in [0.2, 0.25) is 0 Å². The Balaban J connectivity index is 1.46. The first-order valence-electron chi connectivity index (χ1n) is 10.0. The first kappa shape index (κ1) is 19.3. The van der Waals surface area contributed by atoms with Gasteiger partial charge in [-0.3, -0.25) is 9.48 Å². The molecule has 7 nitrogen and oxygen atoms in total. The Morgan fingerprint density at radius 1 is 1.35 bits per heavy atom. The van der Waals surface area contributed by atoms with Crippen LogP contribution in [0.4, 0.5) is 0 Å². The van der Waals surface area contributed by atoms with Crippen LogP contribution in [0.1, 0.15) is 70.4 Å². The van der Waals surface area contributed by atoms with Gasteiger partial charge in [0.05, 0.1) is 24.4 Å². The third-order valence-electron chi connectivity index (χ3n) is 5.68. The maximum absolute atomic E-state index is 12.4. The highest BCUT2D eigenvalue weighted by Gasteiger charge is 2.33. The lowest BCUT2D eigenvalue weighted by atomic mass is 9.96. The van der Waals surface area contributed by atoms with Crippen LogP contribution < -0.4 is 5.32 Å². The number of hydrogen-bond donors (Lipinski definition) is 2. The van der Waals surface area contributed by atoms with Crippen LogP contribution in [-0.4, -0.2) is 50.9 Å². The Kier molecular flexibility index (Phi) is 6.64. The number of nitrogens with zero attached hydrogens (tertiary/aromatic N) is 3. The second-order valence-electron chi connectivity index (χ2n) is 8.00. The average molecular weight is 364 g/mol. The lowest BCUT2D eigenvalue weighted by molar-refractivity contribution is -0.132. The van der Waals surface area contributed by atoms with Crippen molar-refractivity contribution in [2.45, 2.75) is 89.5 Å². The summed E-state index contributed by atoms with van der Waals surface area (Å²) < 4.78 is 7.92. The number of hydrogen-bond acceptors (Lipinski definition) is 5. The van der Waals surface area contributed by atoms with Crippen molar-refractivity contribution in [1.82, 2.24) is 20.3 Å². The number of aliphatic hydroxyl groups is 1. The fraction of sp³-hybridized carbons (Fsp3) is 0.842. The zero-order chi connectivity index (χ0) is 18.5. The normalized spacial score (nSPS) is 27.2. The summed E-state index contributed by atoms with van der Waals surface area (Å²) in [7, 11) is 0. The Hall–Kier alpha value is -1.47. The van der Waals surface area contributed by atoms with Crippen LogP contribution in [0.15, 0.2) is 6.20 Å². The number of aliphatic hydroxyl groups excluding tert-OH is 1. The Labute approximate surface area is 155 Å². The molecule has 2 aliphatic rings. The molecular weight excluding hydrogens is 332 g/mol. The molecule has 2 fully saturated rings. The summed E-state index contributed by atoms with van der Waals surface area (Å²) in [6.07, 6.45) is 8.59. The number of nitrogens with one attached hydrogen (secondary N) is 1. The summed E-state index contributed by atoms with van der Waals surface area (Å²) in [5.74, 6) is 0.657. The molecule has 3 atom stereocenters. The van der Waals surface area contributed by atoms with Crippen molar-refractivity contribution in [3.05, 3.63) is 11.9 Å². The van der Waals surface area contributed by atoms with E-state index in [0.29, 0.717) is 5.92 Å². The zero-order valence-electron chi connectivity index (χ0n) is 15.9. The lowest BCUT2D eigenvalue weighted by Crippen LogP contribution is -2.52. The number of carbonyl (C=O) groups is 1. The van der Waals surface area contributed by atoms with Gasteiger partial charge in [-0.1, -0.05) is 31.9 Å². The van der Waals surface area contributed by atoms with Gasteiger partial charge in [-0.25, -0.2) is 0 Å². The third-order valence-corrected chi connectivity index (χ3v) is 5.68. The molecule has 1 saturated carbocycles. The van der Waals surface area contributed by atoms with Crippen molar-refractivity contribution in [1.29, 1.82) is 0 Å². The molecule has 1 aromatic rings. The van der Waals surface area contributed by atoms with E-state index in [1.54, 1.807) is 0 Å². The Bertz CT molecular complexity index is 583. The van der Waals surface area contributed by atoms with Gasteiger partial charge in [-0.15, -0.1) is 5.10 Å². The molecule has 0 bridgehead atoms. The topological polar surface area (TPSA) is 89.3 Å². The molecule has 1 saturated heterocycles. The molecule has 1 aliphatic heterocycles. The predicted octanol–water partition coefficient (Wildman–Crippen LogP) is 2.01. The molecule has 0 aromatic carbocycles. The van der Waals surface area contributed by atoms with Crippen LogP contribution in [0.3, 0.4) is 0 Å². The van der Waals surface area contributed by atoms with Crippen LogP contribution in [0.25, 0.3) is 0 Å². The zero-order valence-corrected chi connectivity index (χ0v) is 15.9. The molecule has 0 spiro atoms. The Morgan fingerprint density at radius 3 is 2.77 bits per heavy atom. The summed E-state index contributed by atoms with van der Waals surface area (Å²) in [5.41, 5.74) is 0.998. The molecule has 2 N–H and O–H groups in total. The van der Waals surface area contributed by atoms with Crippen LogP contribution in [0.5, 0.6) is 0 Å². The van der Waals surface area contributed by atoms with Gasteiger partial charge < -0.3 is 15.2 Å². The van der Waals surface area contributed by atoms with Crippen LogP contribution >= 0.6 is 0 Å². The predicted molar refractivity (Wildman–Crippen MR) is 97.6 cm³/mol. The van der Waals surface area contributed by atoms with E-state index in [9.17, 15) is 9.90 Å². The molecule has 2 heterocycles. The van der Waals surface area contributed by atoms with Gasteiger partial charge in [-0.05, 0) is 38.0 Å². The molecule has 1 amide bonds. The molecular formula is C19H32N4O3. The number of amides is 1. The van der Waals surface area contributed by atoms with Gasteiger partial charge in [0.1, 0.15) is 6.10 Å². The van der Waals surface area contributed by atoms with E-state index in [2.05, 4.69) is 29.5 Å². The average Bonchev–Trinajstić information content (AvgIpc) is 3.32. The van der Waals surface area contributed by atoms with Gasteiger partial charge in [0.2, 0.25) is 5.91 Å². The monoisotopic (exact) mass is 364 g/mol. The fourth-order valence-electron chi connectivity index (χ4n) is 3.96. The molecule has 146 valence electrons. The van der Waals surface area contributed by atoms with Gasteiger partial charge >= 0.3 is 0 Å². The van der Waals surface area contributed by atoms with E-state index < -0.39 is 0 Å². The van der Waals surface area contributed by atoms with Crippen molar-refractivity contribution in [2.75, 3.05) is 6.61 Å². The second-order valence-corrected chi connectivity index (χ2v) is 8.00. The standard InChI is InChI=1S/C19H32N4O3/c1-13(2)17-11-23(22-21-17)10-9-15-7-8-16(18(12-24)26-15)20-19(25)14-5-3-4-6-14/h11,13-16,18,24H,3-10,12H2,1-2H3,(H,20,25)/t15-,16-,18+/m0/s1. The van der Waals surface area contributed by atoms with Crippen molar-refractivity contribution in [3.63, 3.8) is 0 Å². The van der Waals surface area contributed by atoms with E-state index in [4.69, 9.17) is 4.74 Å². The van der Waals surface area contributed by atoms with Gasteiger partial charge in [0.15, 0.2) is 0 Å². The molecule has 3 rings (SSSR count). The number of aromatic nitrogens is 3. The minimum atomic E-state index is -0.318. The summed E-state index contributed by atoms with van der Waals surface area (Å²) in [5, 5.41) is 21.2. The smallest absolute Gasteiger partial charge is 0.223 e. The fourth-order valence-corrected chi connectivity index (χ4v) is 3.96. The molecule has 1 aliphatic carbocycles. The highest BCUT2D eigenvalue weighted by molar-refractivity contribution is 5.79. The minimum absolute atomic E-state index is 0.0626. The first-order valence-corrected chi connectivity index (χ1v) is 10.0. The molecule has 0 radical (unpaired) electrons. The van der Waals surface area contributed by atoms with E-state index >= 15 is 0 Å². The van der Waals surface area contributed by atoms with Crippen molar-refractivity contribution >= 4 is 5.91 Å². The number of carbonyl (C=O) groups excluding carboxylic acids is 1. The second kappa shape index (κ2) is 8.95. The molecule has 0 unspecified atom stereocenters. The lowest BCUT2D eigenvalue weighted by Gasteiger charge is -2.36. The van der Waals surface area contributed by atoms with E-state index in [-0.39, 0.29) is 36.7 Å². The summed E-state index contributed by atoms with van der Waals surface area (Å²) >= 11 is 0. The Morgan fingerprint density at radius 2 is 2.12 bits per heavy atom. The van der Waals surface area contributed by atoms with E-state index in [0.717, 1.165) is 57.2 Å². The van der Waals surface area contributed by atoms with Crippen molar-refractivity contribution in [3.8, 4) is 0 Å². The summed E-state index contributed by atoms with van der Waals surface area (Å²) in [6, 6.07) is -0.0803. The number of rotatable bonds is 7. The molecule has 7 heteroatoms. The highest BCUT2D eigenvalue weighted by Crippen LogP contribution is 2.27. The maximum Gasteiger partial charge on any atom is 0.223 e. The van der Waals surface area contributed by atoms with E-state index in [1.165, 1.54) is 0 Å². The first-order chi connectivity index (χ1) is 12.6. The van der Waals surface area contributed by atoms with Gasteiger partial charge in [0.25, 0.3) is 0 Å². The quantitative estimate of drug-likeness (QED) is 0.772. The van der Waals surface area contributed by atoms with Crippen molar-refractivity contribution in [2.24, 2.45) is 5.92 Å². The summed E-state index contributed by atoms with van der Waals surface area (Å²) in [4.78, 5) is 12.4. The molecule has 1 aromatic heterocycles. The van der Waals surface area contributed by atoms with E-state index in [1.807, 2.05) is 10.9 Å². The van der Waals surface area contributed by atoms with Crippen molar-refractivity contribution < 1.29 is 14.6 Å².